The average molecular weight is 264 g/mol. The second-order valence-corrected chi connectivity index (χ2v) is 4.56. The molecular formula is C13H14ClN3O. The summed E-state index contributed by atoms with van der Waals surface area (Å²) < 4.78 is 1.98. The summed E-state index contributed by atoms with van der Waals surface area (Å²) in [6.45, 7) is 3.87. The van der Waals surface area contributed by atoms with E-state index >= 15 is 0 Å². The summed E-state index contributed by atoms with van der Waals surface area (Å²) >= 11 is 5.95. The Morgan fingerprint density at radius 2 is 2.17 bits per heavy atom. The minimum Gasteiger partial charge on any atom is -0.351 e. The molecule has 2 rings (SSSR count). The van der Waals surface area contributed by atoms with E-state index in [0.717, 1.165) is 11.4 Å². The zero-order chi connectivity index (χ0) is 13.3. The molecule has 0 aromatic carbocycles. The molecule has 0 aliphatic heterocycles. The van der Waals surface area contributed by atoms with Crippen LogP contribution in [0.1, 0.15) is 21.7 Å². The Morgan fingerprint density at radius 1 is 1.44 bits per heavy atom. The molecule has 0 aliphatic carbocycles. The molecule has 4 nitrogen and oxygen atoms in total. The topological polar surface area (TPSA) is 46.9 Å². The fraction of sp³-hybridized carbons (Fsp3) is 0.231. The lowest BCUT2D eigenvalue weighted by Gasteiger charge is -2.06. The van der Waals surface area contributed by atoms with E-state index in [1.165, 1.54) is 6.20 Å². The summed E-state index contributed by atoms with van der Waals surface area (Å²) in [7, 11) is 1.93. The summed E-state index contributed by atoms with van der Waals surface area (Å²) in [5.41, 5.74) is 3.19. The molecule has 0 saturated heterocycles. The lowest BCUT2D eigenvalue weighted by atomic mass is 10.2. The Morgan fingerprint density at radius 3 is 2.72 bits per heavy atom. The zero-order valence-corrected chi connectivity index (χ0v) is 11.2. The fourth-order valence-electron chi connectivity index (χ4n) is 1.75. The largest absolute Gasteiger partial charge is 0.351 e. The number of nitrogens with one attached hydrogen (secondary N) is 1. The molecule has 2 heterocycles. The Kier molecular flexibility index (Phi) is 3.39. The molecule has 94 valence electrons. The van der Waals surface area contributed by atoms with Gasteiger partial charge in [-0.2, -0.15) is 0 Å². The quantitative estimate of drug-likeness (QED) is 0.906. The van der Waals surface area contributed by atoms with Crippen LogP contribution in [0.3, 0.4) is 0 Å². The van der Waals surface area contributed by atoms with Crippen molar-refractivity contribution >= 4 is 23.2 Å². The van der Waals surface area contributed by atoms with Gasteiger partial charge in [-0.25, -0.2) is 0 Å². The number of carbonyl (C=O) groups is 1. The van der Waals surface area contributed by atoms with Gasteiger partial charge < -0.3 is 9.88 Å². The molecule has 2 aromatic rings. The van der Waals surface area contributed by atoms with Crippen LogP contribution in [-0.2, 0) is 7.05 Å². The number of anilines is 1. The van der Waals surface area contributed by atoms with Crippen LogP contribution >= 0.6 is 11.6 Å². The van der Waals surface area contributed by atoms with Crippen molar-refractivity contribution < 1.29 is 4.79 Å². The van der Waals surface area contributed by atoms with Crippen LogP contribution in [0.15, 0.2) is 24.5 Å². The number of nitrogens with zero attached hydrogens (tertiary/aromatic N) is 2. The number of hydrogen-bond acceptors (Lipinski definition) is 2. The van der Waals surface area contributed by atoms with Gasteiger partial charge in [0.15, 0.2) is 0 Å². The lowest BCUT2D eigenvalue weighted by Crippen LogP contribution is -2.13. The number of amides is 1. The summed E-state index contributed by atoms with van der Waals surface area (Å²) in [4.78, 5) is 16.0. The molecule has 2 aromatic heterocycles. The SMILES string of the molecule is Cc1cc(C(=O)Nc2ccncc2Cl)c(C)n1C. The van der Waals surface area contributed by atoms with Crippen molar-refractivity contribution in [3.05, 3.63) is 46.5 Å². The van der Waals surface area contributed by atoms with Crippen LogP contribution in [-0.4, -0.2) is 15.5 Å². The normalized spacial score (nSPS) is 10.4. The van der Waals surface area contributed by atoms with Gasteiger partial charge in [0.1, 0.15) is 0 Å². The molecule has 5 heteroatoms. The third-order valence-electron chi connectivity index (χ3n) is 3.04. The molecule has 0 spiro atoms. The van der Waals surface area contributed by atoms with Gasteiger partial charge in [-0.1, -0.05) is 11.6 Å². The highest BCUT2D eigenvalue weighted by Gasteiger charge is 2.14. The molecular weight excluding hydrogens is 250 g/mol. The predicted octanol–water partition coefficient (Wildman–Crippen LogP) is 2.94. The Hall–Kier alpha value is -1.81. The Bertz CT molecular complexity index is 604. The van der Waals surface area contributed by atoms with E-state index in [1.807, 2.05) is 31.5 Å². The Labute approximate surface area is 111 Å². The second kappa shape index (κ2) is 4.82. The number of hydrogen-bond donors (Lipinski definition) is 1. The van der Waals surface area contributed by atoms with Crippen molar-refractivity contribution in [2.75, 3.05) is 5.32 Å². The number of aromatic nitrogens is 2. The lowest BCUT2D eigenvalue weighted by molar-refractivity contribution is 0.102. The monoisotopic (exact) mass is 263 g/mol. The minimum absolute atomic E-state index is 0.163. The van der Waals surface area contributed by atoms with E-state index in [9.17, 15) is 4.79 Å². The highest BCUT2D eigenvalue weighted by atomic mass is 35.5. The average Bonchev–Trinajstić information content (AvgIpc) is 2.60. The van der Waals surface area contributed by atoms with Crippen molar-refractivity contribution in [2.45, 2.75) is 13.8 Å². The van der Waals surface area contributed by atoms with Crippen molar-refractivity contribution in [1.29, 1.82) is 0 Å². The first-order valence-corrected chi connectivity index (χ1v) is 5.92. The summed E-state index contributed by atoms with van der Waals surface area (Å²) in [6, 6.07) is 3.53. The van der Waals surface area contributed by atoms with Crippen LogP contribution in [0.2, 0.25) is 5.02 Å². The maximum absolute atomic E-state index is 12.1. The standard InChI is InChI=1S/C13H14ClN3O/c1-8-6-10(9(2)17(8)3)13(18)16-12-4-5-15-7-11(12)14/h4-7H,1-3H3,(H,15,16,18). The van der Waals surface area contributed by atoms with Crippen LogP contribution in [0, 0.1) is 13.8 Å². The maximum Gasteiger partial charge on any atom is 0.257 e. The smallest absolute Gasteiger partial charge is 0.257 e. The third kappa shape index (κ3) is 2.24. The molecule has 0 fully saturated rings. The molecule has 1 amide bonds. The van der Waals surface area contributed by atoms with Gasteiger partial charge in [0.05, 0.1) is 16.3 Å². The first kappa shape index (κ1) is 12.6. The molecule has 0 unspecified atom stereocenters. The van der Waals surface area contributed by atoms with Crippen molar-refractivity contribution in [1.82, 2.24) is 9.55 Å². The van der Waals surface area contributed by atoms with Gasteiger partial charge >= 0.3 is 0 Å². The van der Waals surface area contributed by atoms with Gasteiger partial charge in [-0.3, -0.25) is 9.78 Å². The van der Waals surface area contributed by atoms with E-state index < -0.39 is 0 Å². The maximum atomic E-state index is 12.1. The van der Waals surface area contributed by atoms with Crippen molar-refractivity contribution in [3.63, 3.8) is 0 Å². The third-order valence-corrected chi connectivity index (χ3v) is 3.34. The van der Waals surface area contributed by atoms with E-state index in [4.69, 9.17) is 11.6 Å². The molecule has 0 radical (unpaired) electrons. The molecule has 0 atom stereocenters. The van der Waals surface area contributed by atoms with Gasteiger partial charge in [-0.15, -0.1) is 0 Å². The number of carbonyl (C=O) groups excluding carboxylic acids is 1. The number of aryl methyl sites for hydroxylation is 1. The number of pyridine rings is 1. The zero-order valence-electron chi connectivity index (χ0n) is 10.5. The Balaban J connectivity index is 2.28. The van der Waals surface area contributed by atoms with E-state index in [1.54, 1.807) is 12.3 Å². The highest BCUT2D eigenvalue weighted by molar-refractivity contribution is 6.33. The molecule has 0 saturated carbocycles. The predicted molar refractivity (Wildman–Crippen MR) is 72.1 cm³/mol. The molecule has 0 bridgehead atoms. The first-order chi connectivity index (χ1) is 8.50. The number of rotatable bonds is 2. The fourth-order valence-corrected chi connectivity index (χ4v) is 1.92. The van der Waals surface area contributed by atoms with E-state index in [0.29, 0.717) is 16.3 Å². The highest BCUT2D eigenvalue weighted by Crippen LogP contribution is 2.21. The van der Waals surface area contributed by atoms with Crippen LogP contribution in [0.25, 0.3) is 0 Å². The minimum atomic E-state index is -0.163. The molecule has 18 heavy (non-hydrogen) atoms. The van der Waals surface area contributed by atoms with Crippen LogP contribution in [0.4, 0.5) is 5.69 Å². The van der Waals surface area contributed by atoms with E-state index in [-0.39, 0.29) is 5.91 Å². The van der Waals surface area contributed by atoms with Gasteiger partial charge in [0.25, 0.3) is 5.91 Å². The second-order valence-electron chi connectivity index (χ2n) is 4.15. The van der Waals surface area contributed by atoms with Gasteiger partial charge in [0, 0.05) is 30.8 Å². The summed E-state index contributed by atoms with van der Waals surface area (Å²) in [6.07, 6.45) is 3.09. The van der Waals surface area contributed by atoms with Gasteiger partial charge in [0.2, 0.25) is 0 Å². The molecule has 1 N–H and O–H groups in total. The van der Waals surface area contributed by atoms with Crippen LogP contribution in [0.5, 0.6) is 0 Å². The van der Waals surface area contributed by atoms with E-state index in [2.05, 4.69) is 10.3 Å². The summed E-state index contributed by atoms with van der Waals surface area (Å²) in [5.74, 6) is -0.163. The van der Waals surface area contributed by atoms with Crippen molar-refractivity contribution in [3.8, 4) is 0 Å². The first-order valence-electron chi connectivity index (χ1n) is 5.54. The van der Waals surface area contributed by atoms with Gasteiger partial charge in [-0.05, 0) is 26.0 Å². The van der Waals surface area contributed by atoms with Crippen LogP contribution < -0.4 is 5.32 Å². The molecule has 0 aliphatic rings. The van der Waals surface area contributed by atoms with Crippen molar-refractivity contribution in [2.24, 2.45) is 7.05 Å². The number of halogens is 1. The summed E-state index contributed by atoms with van der Waals surface area (Å²) in [5, 5.41) is 3.21.